The number of halogens is 6. The second-order valence-corrected chi connectivity index (χ2v) is 8.63. The van der Waals surface area contributed by atoms with Crippen molar-refractivity contribution in [2.24, 2.45) is 5.73 Å². The minimum absolute atomic E-state index is 0.0429. The number of carbonyl (C=O) groups excluding carboxylic acids is 2. The molecule has 0 aliphatic carbocycles. The van der Waals surface area contributed by atoms with E-state index in [1.807, 2.05) is 0 Å². The van der Waals surface area contributed by atoms with Crippen LogP contribution in [0.1, 0.15) is 34.0 Å². The maximum atomic E-state index is 13.9. The van der Waals surface area contributed by atoms with Crippen LogP contribution in [0, 0.1) is 17.5 Å². The molecule has 0 radical (unpaired) electrons. The van der Waals surface area contributed by atoms with E-state index >= 15 is 0 Å². The van der Waals surface area contributed by atoms with Crippen molar-refractivity contribution in [3.63, 3.8) is 0 Å². The number of hydrogen-bond donors (Lipinski definition) is 1. The molecule has 1 atom stereocenters. The summed E-state index contributed by atoms with van der Waals surface area (Å²) in [5.41, 5.74) is 5.30. The van der Waals surface area contributed by atoms with Crippen molar-refractivity contribution in [2.75, 3.05) is 32.8 Å². The summed E-state index contributed by atoms with van der Waals surface area (Å²) in [7, 11) is 0. The van der Waals surface area contributed by atoms with Crippen molar-refractivity contribution in [2.45, 2.75) is 38.1 Å². The third kappa shape index (κ3) is 5.33. The fourth-order valence-electron chi connectivity index (χ4n) is 4.31. The molecule has 0 spiro atoms. The summed E-state index contributed by atoms with van der Waals surface area (Å²) in [5, 5.41) is 0. The summed E-state index contributed by atoms with van der Waals surface area (Å²) in [6.45, 7) is 0.244. The molecule has 0 saturated carbocycles. The van der Waals surface area contributed by atoms with E-state index < -0.39 is 47.3 Å². The van der Waals surface area contributed by atoms with E-state index in [4.69, 9.17) is 10.5 Å². The Bertz CT molecular complexity index is 1160. The zero-order chi connectivity index (χ0) is 26.2. The Balaban J connectivity index is 1.51. The number of hydrogen-bond acceptors (Lipinski definition) is 5. The van der Waals surface area contributed by atoms with Gasteiger partial charge in [-0.2, -0.15) is 13.2 Å². The molecule has 2 aromatic rings. The first kappa shape index (κ1) is 25.9. The van der Waals surface area contributed by atoms with E-state index in [1.165, 1.54) is 9.80 Å². The van der Waals surface area contributed by atoms with Gasteiger partial charge in [0.1, 0.15) is 5.82 Å². The summed E-state index contributed by atoms with van der Waals surface area (Å²) in [6.07, 6.45) is -5.40. The summed E-state index contributed by atoms with van der Waals surface area (Å²) in [6, 6.07) is 0.0799. The first-order valence-electron chi connectivity index (χ1n) is 11.2. The van der Waals surface area contributed by atoms with E-state index in [9.17, 15) is 35.9 Å². The van der Waals surface area contributed by atoms with Crippen LogP contribution in [-0.4, -0.2) is 70.1 Å². The second-order valence-electron chi connectivity index (χ2n) is 8.63. The Labute approximate surface area is 201 Å². The number of carbonyl (C=O) groups is 2. The highest BCUT2D eigenvalue weighted by Gasteiger charge is 2.42. The molecule has 3 heterocycles. The number of rotatable bonds is 5. The van der Waals surface area contributed by atoms with Crippen LogP contribution in [0.4, 0.5) is 26.3 Å². The number of ether oxygens (including phenoxy) is 1. The molecule has 1 saturated heterocycles. The highest BCUT2D eigenvalue weighted by atomic mass is 19.4. The van der Waals surface area contributed by atoms with Gasteiger partial charge in [0.05, 0.1) is 25.5 Å². The Morgan fingerprint density at radius 3 is 2.33 bits per heavy atom. The van der Waals surface area contributed by atoms with Crippen molar-refractivity contribution in [1.82, 2.24) is 19.4 Å². The fraction of sp³-hybridized carbons (Fsp3) is 0.500. The maximum Gasteiger partial charge on any atom is 0.449 e. The molecular formula is C22H23F6N5O3. The lowest BCUT2D eigenvalue weighted by Crippen LogP contribution is -2.43. The van der Waals surface area contributed by atoms with E-state index in [0.29, 0.717) is 12.1 Å². The van der Waals surface area contributed by atoms with Gasteiger partial charge in [0.2, 0.25) is 11.7 Å². The first-order valence-corrected chi connectivity index (χ1v) is 11.2. The minimum atomic E-state index is -4.80. The molecule has 2 aliphatic rings. The van der Waals surface area contributed by atoms with E-state index in [1.54, 1.807) is 0 Å². The smallest absolute Gasteiger partial charge is 0.378 e. The first-order chi connectivity index (χ1) is 17.0. The van der Waals surface area contributed by atoms with Gasteiger partial charge in [0.25, 0.3) is 5.91 Å². The molecular weight excluding hydrogens is 496 g/mol. The lowest BCUT2D eigenvalue weighted by Gasteiger charge is -2.31. The average molecular weight is 519 g/mol. The van der Waals surface area contributed by atoms with Crippen molar-refractivity contribution >= 4 is 11.8 Å². The van der Waals surface area contributed by atoms with Crippen LogP contribution < -0.4 is 5.73 Å². The third-order valence-corrected chi connectivity index (χ3v) is 6.12. The normalized spacial score (nSPS) is 17.2. The molecule has 1 aromatic carbocycles. The highest BCUT2D eigenvalue weighted by Crippen LogP contribution is 2.33. The number of imidazole rings is 1. The molecule has 2 amide bonds. The van der Waals surface area contributed by atoms with Gasteiger partial charge in [-0.05, 0) is 18.1 Å². The highest BCUT2D eigenvalue weighted by molar-refractivity contribution is 5.94. The molecule has 0 bridgehead atoms. The van der Waals surface area contributed by atoms with E-state index in [-0.39, 0.29) is 75.7 Å². The van der Waals surface area contributed by atoms with Crippen LogP contribution in [0.2, 0.25) is 0 Å². The van der Waals surface area contributed by atoms with Gasteiger partial charge in [0, 0.05) is 44.7 Å². The van der Waals surface area contributed by atoms with Gasteiger partial charge in [-0.15, -0.1) is 0 Å². The largest absolute Gasteiger partial charge is 0.449 e. The molecule has 36 heavy (non-hydrogen) atoms. The van der Waals surface area contributed by atoms with Crippen molar-refractivity contribution in [1.29, 1.82) is 0 Å². The molecule has 2 aliphatic heterocycles. The fourth-order valence-corrected chi connectivity index (χ4v) is 4.31. The molecule has 1 unspecified atom stereocenters. The monoisotopic (exact) mass is 519 g/mol. The van der Waals surface area contributed by atoms with Crippen LogP contribution in [0.25, 0.3) is 0 Å². The van der Waals surface area contributed by atoms with Crippen molar-refractivity contribution in [3.8, 4) is 0 Å². The van der Waals surface area contributed by atoms with Crippen LogP contribution in [0.5, 0.6) is 0 Å². The Morgan fingerprint density at radius 1 is 1.00 bits per heavy atom. The Morgan fingerprint density at radius 2 is 1.67 bits per heavy atom. The average Bonchev–Trinajstić information content (AvgIpc) is 3.22. The second kappa shape index (κ2) is 10.1. The zero-order valence-electron chi connectivity index (χ0n) is 19.0. The third-order valence-electron chi connectivity index (χ3n) is 6.12. The van der Waals surface area contributed by atoms with E-state index in [0.717, 1.165) is 4.57 Å². The molecule has 4 rings (SSSR count). The van der Waals surface area contributed by atoms with Crippen molar-refractivity contribution < 1.29 is 40.7 Å². The van der Waals surface area contributed by atoms with Gasteiger partial charge in [-0.3, -0.25) is 9.59 Å². The molecule has 8 nitrogen and oxygen atoms in total. The molecule has 1 aromatic heterocycles. The quantitative estimate of drug-likeness (QED) is 0.483. The van der Waals surface area contributed by atoms with Gasteiger partial charge in [-0.1, -0.05) is 0 Å². The molecule has 14 heteroatoms. The number of nitrogens with zero attached hydrogens (tertiary/aromatic N) is 4. The topological polar surface area (TPSA) is 93.7 Å². The standard InChI is InChI=1S/C22H23F6N5O3/c23-14-10-16(25)15(24)8-12(14)7-13(29)9-18(34)32-1-2-33-17(11-32)19(30-21(33)22(26,27)28)20(35)31-3-5-36-6-4-31/h8,10,13H,1-7,9,11,29H2. The van der Waals surface area contributed by atoms with Gasteiger partial charge in [-0.25, -0.2) is 18.2 Å². The van der Waals surface area contributed by atoms with Gasteiger partial charge in [0.15, 0.2) is 17.3 Å². The number of alkyl halides is 3. The maximum absolute atomic E-state index is 13.9. The number of nitrogens with two attached hydrogens (primary N) is 1. The van der Waals surface area contributed by atoms with Gasteiger partial charge < -0.3 is 24.8 Å². The van der Waals surface area contributed by atoms with Crippen LogP contribution in [-0.2, 0) is 35.2 Å². The van der Waals surface area contributed by atoms with Crippen molar-refractivity contribution in [3.05, 3.63) is 52.4 Å². The number of morpholine rings is 1. The molecule has 2 N–H and O–H groups in total. The van der Waals surface area contributed by atoms with E-state index in [2.05, 4.69) is 4.98 Å². The lowest BCUT2D eigenvalue weighted by molar-refractivity contribution is -0.148. The predicted molar refractivity (Wildman–Crippen MR) is 112 cm³/mol. The van der Waals surface area contributed by atoms with Crippen LogP contribution >= 0.6 is 0 Å². The Kier molecular flexibility index (Phi) is 7.27. The summed E-state index contributed by atoms with van der Waals surface area (Å²) in [4.78, 5) is 32.0. The minimum Gasteiger partial charge on any atom is -0.378 e. The number of benzene rings is 1. The zero-order valence-corrected chi connectivity index (χ0v) is 19.0. The number of fused-ring (bicyclic) bond motifs is 1. The van der Waals surface area contributed by atoms with Crippen LogP contribution in [0.15, 0.2) is 12.1 Å². The number of aromatic nitrogens is 2. The number of amides is 2. The SMILES string of the molecule is NC(CC(=O)N1CCn2c(C(F)(F)F)nc(C(=O)N3CCOCC3)c2C1)Cc1cc(F)c(F)cc1F. The predicted octanol–water partition coefficient (Wildman–Crippen LogP) is 2.09. The molecule has 1 fully saturated rings. The molecule has 196 valence electrons. The van der Waals surface area contributed by atoms with Gasteiger partial charge >= 0.3 is 6.18 Å². The Hall–Kier alpha value is -3.13. The summed E-state index contributed by atoms with van der Waals surface area (Å²) in [5.74, 6) is -6.07. The lowest BCUT2D eigenvalue weighted by atomic mass is 10.0. The summed E-state index contributed by atoms with van der Waals surface area (Å²) < 4.78 is 87.4. The van der Waals surface area contributed by atoms with Crippen LogP contribution in [0.3, 0.4) is 0 Å². The summed E-state index contributed by atoms with van der Waals surface area (Å²) >= 11 is 0.